The van der Waals surface area contributed by atoms with Gasteiger partial charge in [-0.05, 0) is 42.0 Å². The van der Waals surface area contributed by atoms with Gasteiger partial charge in [-0.15, -0.1) is 0 Å². The first-order valence-electron chi connectivity index (χ1n) is 10.2. The third kappa shape index (κ3) is 4.59. The average molecular weight is 405 g/mol. The van der Waals surface area contributed by atoms with Crippen molar-refractivity contribution in [1.29, 1.82) is 0 Å². The van der Waals surface area contributed by atoms with Crippen molar-refractivity contribution in [1.82, 2.24) is 9.88 Å². The Morgan fingerprint density at radius 3 is 2.47 bits per heavy atom. The SMILES string of the molecule is O=C(c1c[nH]c(=O)cc1NCc1ccccc1)N1CCC(c2ccc(F)cc2)CC1. The summed E-state index contributed by atoms with van der Waals surface area (Å²) < 4.78 is 13.2. The van der Waals surface area contributed by atoms with Crippen molar-refractivity contribution in [3.8, 4) is 0 Å². The molecule has 1 aliphatic heterocycles. The zero-order valence-electron chi connectivity index (χ0n) is 16.6. The molecular weight excluding hydrogens is 381 g/mol. The first-order valence-corrected chi connectivity index (χ1v) is 10.2. The van der Waals surface area contributed by atoms with Gasteiger partial charge in [0.05, 0.1) is 11.3 Å². The monoisotopic (exact) mass is 405 g/mol. The van der Waals surface area contributed by atoms with E-state index in [0.29, 0.717) is 36.8 Å². The number of aromatic nitrogens is 1. The molecule has 0 unspecified atom stereocenters. The summed E-state index contributed by atoms with van der Waals surface area (Å²) in [5.74, 6) is -0.0137. The van der Waals surface area contributed by atoms with Crippen molar-refractivity contribution >= 4 is 11.6 Å². The van der Waals surface area contributed by atoms with Crippen LogP contribution in [0.15, 0.2) is 71.7 Å². The molecule has 2 heterocycles. The summed E-state index contributed by atoms with van der Waals surface area (Å²) >= 11 is 0. The van der Waals surface area contributed by atoms with Gasteiger partial charge in [-0.1, -0.05) is 42.5 Å². The molecule has 0 saturated carbocycles. The Hall–Kier alpha value is -3.41. The Labute approximate surface area is 174 Å². The lowest BCUT2D eigenvalue weighted by Crippen LogP contribution is -2.38. The largest absolute Gasteiger partial charge is 0.380 e. The summed E-state index contributed by atoms with van der Waals surface area (Å²) in [6.07, 6.45) is 3.14. The van der Waals surface area contributed by atoms with Gasteiger partial charge in [-0.3, -0.25) is 9.59 Å². The van der Waals surface area contributed by atoms with Crippen molar-refractivity contribution in [3.63, 3.8) is 0 Å². The molecule has 1 aromatic heterocycles. The maximum Gasteiger partial charge on any atom is 0.257 e. The number of likely N-dealkylation sites (tertiary alicyclic amines) is 1. The number of nitrogens with zero attached hydrogens (tertiary/aromatic N) is 1. The fraction of sp³-hybridized carbons (Fsp3) is 0.250. The van der Waals surface area contributed by atoms with Gasteiger partial charge in [0.1, 0.15) is 5.82 Å². The van der Waals surface area contributed by atoms with E-state index < -0.39 is 0 Å². The molecule has 6 heteroatoms. The number of hydrogen-bond acceptors (Lipinski definition) is 3. The van der Waals surface area contributed by atoms with Gasteiger partial charge in [0.15, 0.2) is 0 Å². The molecule has 1 aliphatic rings. The van der Waals surface area contributed by atoms with E-state index in [2.05, 4.69) is 10.3 Å². The van der Waals surface area contributed by atoms with Crippen molar-refractivity contribution < 1.29 is 9.18 Å². The van der Waals surface area contributed by atoms with E-state index in [-0.39, 0.29) is 17.3 Å². The Morgan fingerprint density at radius 2 is 1.77 bits per heavy atom. The molecule has 1 saturated heterocycles. The number of aromatic amines is 1. The summed E-state index contributed by atoms with van der Waals surface area (Å²) in [7, 11) is 0. The number of H-pyrrole nitrogens is 1. The molecule has 1 amide bonds. The molecule has 154 valence electrons. The second-order valence-electron chi connectivity index (χ2n) is 7.58. The Kier molecular flexibility index (Phi) is 5.93. The van der Waals surface area contributed by atoms with Crippen LogP contribution in [0, 0.1) is 5.82 Å². The first-order chi connectivity index (χ1) is 14.6. The van der Waals surface area contributed by atoms with E-state index in [4.69, 9.17) is 0 Å². The van der Waals surface area contributed by atoms with E-state index in [1.807, 2.05) is 47.4 Å². The Balaban J connectivity index is 1.44. The lowest BCUT2D eigenvalue weighted by Gasteiger charge is -2.32. The average Bonchev–Trinajstić information content (AvgIpc) is 2.79. The number of carbonyl (C=O) groups is 1. The van der Waals surface area contributed by atoms with Crippen LogP contribution < -0.4 is 10.9 Å². The summed E-state index contributed by atoms with van der Waals surface area (Å²) in [5, 5.41) is 3.23. The summed E-state index contributed by atoms with van der Waals surface area (Å²) in [4.78, 5) is 29.4. The number of hydrogen-bond donors (Lipinski definition) is 2. The zero-order valence-corrected chi connectivity index (χ0v) is 16.6. The van der Waals surface area contributed by atoms with Crippen LogP contribution in [0.5, 0.6) is 0 Å². The lowest BCUT2D eigenvalue weighted by atomic mass is 9.89. The number of rotatable bonds is 5. The summed E-state index contributed by atoms with van der Waals surface area (Å²) in [6.45, 7) is 1.77. The maximum atomic E-state index is 13.2. The highest BCUT2D eigenvalue weighted by Crippen LogP contribution is 2.29. The van der Waals surface area contributed by atoms with Gasteiger partial charge in [-0.2, -0.15) is 0 Å². The standard InChI is InChI=1S/C24H24FN3O2/c25-20-8-6-18(7-9-20)19-10-12-28(13-11-19)24(30)21-16-27-23(29)14-22(21)26-15-17-4-2-1-3-5-17/h1-9,14,16,19H,10-13,15H2,(H2,26,27,29). The van der Waals surface area contributed by atoms with Crippen molar-refractivity contribution in [2.24, 2.45) is 0 Å². The number of anilines is 1. The molecule has 2 N–H and O–H groups in total. The van der Waals surface area contributed by atoms with Crippen LogP contribution in [-0.4, -0.2) is 28.9 Å². The molecule has 3 aromatic rings. The quantitative estimate of drug-likeness (QED) is 0.670. The molecule has 0 radical (unpaired) electrons. The molecule has 2 aromatic carbocycles. The van der Waals surface area contributed by atoms with Crippen molar-refractivity contribution in [2.75, 3.05) is 18.4 Å². The van der Waals surface area contributed by atoms with E-state index in [9.17, 15) is 14.0 Å². The molecule has 4 rings (SSSR count). The number of nitrogens with one attached hydrogen (secondary N) is 2. The highest BCUT2D eigenvalue weighted by atomic mass is 19.1. The van der Waals surface area contributed by atoms with Gasteiger partial charge < -0.3 is 15.2 Å². The van der Waals surface area contributed by atoms with E-state index >= 15 is 0 Å². The molecule has 30 heavy (non-hydrogen) atoms. The second-order valence-corrected chi connectivity index (χ2v) is 7.58. The number of piperidine rings is 1. The van der Waals surface area contributed by atoms with Crippen LogP contribution in [0.1, 0.15) is 40.2 Å². The first kappa shape index (κ1) is 19.9. The summed E-state index contributed by atoms with van der Waals surface area (Å²) in [5.41, 5.74) is 2.92. The van der Waals surface area contributed by atoms with Crippen LogP contribution >= 0.6 is 0 Å². The van der Waals surface area contributed by atoms with Crippen LogP contribution in [0.25, 0.3) is 0 Å². The summed E-state index contributed by atoms with van der Waals surface area (Å²) in [6, 6.07) is 17.9. The van der Waals surface area contributed by atoms with Crippen LogP contribution in [0.4, 0.5) is 10.1 Å². The molecule has 0 bridgehead atoms. The number of carbonyl (C=O) groups excluding carboxylic acids is 1. The van der Waals surface area contributed by atoms with E-state index in [1.165, 1.54) is 24.4 Å². The van der Waals surface area contributed by atoms with Gasteiger partial charge in [0.25, 0.3) is 5.91 Å². The number of benzene rings is 2. The van der Waals surface area contributed by atoms with Crippen LogP contribution in [0.2, 0.25) is 0 Å². The number of amides is 1. The van der Waals surface area contributed by atoms with Crippen LogP contribution in [0.3, 0.4) is 0 Å². The minimum Gasteiger partial charge on any atom is -0.380 e. The van der Waals surface area contributed by atoms with Gasteiger partial charge >= 0.3 is 0 Å². The fourth-order valence-electron chi connectivity index (χ4n) is 3.91. The highest BCUT2D eigenvalue weighted by molar-refractivity contribution is 5.99. The molecule has 0 spiro atoms. The maximum absolute atomic E-state index is 13.2. The minimum absolute atomic E-state index is 0.0978. The van der Waals surface area contributed by atoms with Crippen molar-refractivity contribution in [2.45, 2.75) is 25.3 Å². The third-order valence-corrected chi connectivity index (χ3v) is 5.60. The smallest absolute Gasteiger partial charge is 0.257 e. The van der Waals surface area contributed by atoms with Crippen molar-refractivity contribution in [3.05, 3.63) is 99.7 Å². The Morgan fingerprint density at radius 1 is 1.07 bits per heavy atom. The lowest BCUT2D eigenvalue weighted by molar-refractivity contribution is 0.0713. The number of halogens is 1. The molecular formula is C24H24FN3O2. The Bertz CT molecular complexity index is 1060. The molecule has 1 fully saturated rings. The fourth-order valence-corrected chi connectivity index (χ4v) is 3.91. The zero-order chi connectivity index (χ0) is 20.9. The molecule has 0 aliphatic carbocycles. The van der Waals surface area contributed by atoms with E-state index in [1.54, 1.807) is 0 Å². The normalized spacial score (nSPS) is 14.5. The number of pyridine rings is 1. The van der Waals surface area contributed by atoms with Gasteiger partial charge in [0.2, 0.25) is 5.56 Å². The second kappa shape index (κ2) is 8.95. The third-order valence-electron chi connectivity index (χ3n) is 5.60. The van der Waals surface area contributed by atoms with E-state index in [0.717, 1.165) is 24.0 Å². The van der Waals surface area contributed by atoms with Gasteiger partial charge in [-0.25, -0.2) is 4.39 Å². The molecule has 5 nitrogen and oxygen atoms in total. The predicted molar refractivity (Wildman–Crippen MR) is 115 cm³/mol. The highest BCUT2D eigenvalue weighted by Gasteiger charge is 2.26. The van der Waals surface area contributed by atoms with Gasteiger partial charge in [0, 0.05) is 31.9 Å². The molecule has 0 atom stereocenters. The predicted octanol–water partition coefficient (Wildman–Crippen LogP) is 4.15. The van der Waals surface area contributed by atoms with Crippen LogP contribution in [-0.2, 0) is 6.54 Å². The topological polar surface area (TPSA) is 65.2 Å². The minimum atomic E-state index is -0.253.